The molecule has 16 heavy (non-hydrogen) atoms. The van der Waals surface area contributed by atoms with E-state index in [9.17, 15) is 9.59 Å². The molecule has 0 spiro atoms. The fourth-order valence-electron chi connectivity index (χ4n) is 1.45. The van der Waals surface area contributed by atoms with E-state index in [1.165, 1.54) is 0 Å². The standard InChI is InChI=1S/C12H9NO2S/c14-11(12(15)16)13-10-6-5-8-3-1-2-4-9(8)7-10/h1-7H,(H,13,14)(H,15,16). The van der Waals surface area contributed by atoms with E-state index in [-0.39, 0.29) is 0 Å². The number of carbonyl (C=O) groups excluding carboxylic acids is 2. The maximum absolute atomic E-state index is 11.1. The lowest BCUT2D eigenvalue weighted by Gasteiger charge is -2.04. The van der Waals surface area contributed by atoms with E-state index in [1.54, 1.807) is 6.07 Å². The smallest absolute Gasteiger partial charge is 0.302 e. The average molecular weight is 231 g/mol. The van der Waals surface area contributed by atoms with Gasteiger partial charge in [-0.15, -0.1) is 0 Å². The number of benzene rings is 2. The van der Waals surface area contributed by atoms with Gasteiger partial charge in [-0.1, -0.05) is 43.0 Å². The van der Waals surface area contributed by atoms with Gasteiger partial charge in [0.25, 0.3) is 5.12 Å². The van der Waals surface area contributed by atoms with Crippen molar-refractivity contribution < 1.29 is 9.59 Å². The zero-order chi connectivity index (χ0) is 11.5. The maximum Gasteiger partial charge on any atom is 0.302 e. The Labute approximate surface area is 97.9 Å². The number of nitrogens with one attached hydrogen (secondary N) is 1. The predicted molar refractivity (Wildman–Crippen MR) is 66.6 cm³/mol. The van der Waals surface area contributed by atoms with Crippen LogP contribution in [0.25, 0.3) is 10.8 Å². The summed E-state index contributed by atoms with van der Waals surface area (Å²) in [7, 11) is 0. The average Bonchev–Trinajstić information content (AvgIpc) is 2.28. The zero-order valence-corrected chi connectivity index (χ0v) is 9.20. The molecule has 0 heterocycles. The lowest BCUT2D eigenvalue weighted by Crippen LogP contribution is -2.17. The van der Waals surface area contributed by atoms with Gasteiger partial charge >= 0.3 is 5.91 Å². The first-order chi connectivity index (χ1) is 7.66. The molecule has 0 saturated carbocycles. The molecule has 0 fully saturated rings. The molecule has 2 aromatic carbocycles. The molecular formula is C12H9NO2S. The third-order valence-corrected chi connectivity index (χ3v) is 2.40. The van der Waals surface area contributed by atoms with Crippen LogP contribution in [-0.4, -0.2) is 11.0 Å². The van der Waals surface area contributed by atoms with Gasteiger partial charge in [0.15, 0.2) is 0 Å². The fourth-order valence-corrected chi connectivity index (χ4v) is 1.51. The molecule has 0 aliphatic carbocycles. The minimum atomic E-state index is -0.798. The van der Waals surface area contributed by atoms with Crippen molar-refractivity contribution in [1.29, 1.82) is 0 Å². The highest BCUT2D eigenvalue weighted by Gasteiger charge is 2.08. The molecule has 1 amide bonds. The van der Waals surface area contributed by atoms with E-state index in [1.807, 2.05) is 36.4 Å². The fraction of sp³-hybridized carbons (Fsp3) is 0. The van der Waals surface area contributed by atoms with Crippen LogP contribution in [0.5, 0.6) is 0 Å². The quantitative estimate of drug-likeness (QED) is 0.615. The van der Waals surface area contributed by atoms with Crippen molar-refractivity contribution in [2.75, 3.05) is 5.32 Å². The van der Waals surface area contributed by atoms with Gasteiger partial charge in [0.1, 0.15) is 0 Å². The van der Waals surface area contributed by atoms with Gasteiger partial charge in [0, 0.05) is 5.69 Å². The summed E-state index contributed by atoms with van der Waals surface area (Å²) in [5.74, 6) is -0.724. The molecule has 0 saturated heterocycles. The number of fused-ring (bicyclic) bond motifs is 1. The number of amides is 1. The SMILES string of the molecule is O=C(S)C(=O)Nc1ccc2ccccc2c1. The summed E-state index contributed by atoms with van der Waals surface area (Å²) in [6.07, 6.45) is 0. The van der Waals surface area contributed by atoms with Crippen molar-refractivity contribution in [2.24, 2.45) is 0 Å². The van der Waals surface area contributed by atoms with Gasteiger partial charge in [0.05, 0.1) is 0 Å². The van der Waals surface area contributed by atoms with Crippen LogP contribution >= 0.6 is 12.6 Å². The van der Waals surface area contributed by atoms with Crippen LogP contribution in [0.1, 0.15) is 0 Å². The molecule has 0 aliphatic heterocycles. The molecule has 0 unspecified atom stereocenters. The van der Waals surface area contributed by atoms with E-state index in [0.29, 0.717) is 5.69 Å². The molecule has 80 valence electrons. The zero-order valence-electron chi connectivity index (χ0n) is 8.31. The van der Waals surface area contributed by atoms with Crippen LogP contribution in [0.4, 0.5) is 5.69 Å². The molecule has 0 aliphatic rings. The van der Waals surface area contributed by atoms with Gasteiger partial charge in [-0.2, -0.15) is 0 Å². The third kappa shape index (κ3) is 2.23. The van der Waals surface area contributed by atoms with E-state index < -0.39 is 11.0 Å². The Morgan fingerprint density at radius 1 is 1.00 bits per heavy atom. The summed E-state index contributed by atoms with van der Waals surface area (Å²) in [5, 5.41) is 3.76. The normalized spacial score (nSPS) is 10.1. The monoisotopic (exact) mass is 231 g/mol. The van der Waals surface area contributed by atoms with Crippen LogP contribution in [0.3, 0.4) is 0 Å². The number of thiol groups is 1. The first-order valence-corrected chi connectivity index (χ1v) is 5.14. The van der Waals surface area contributed by atoms with Crippen LogP contribution in [0, 0.1) is 0 Å². The highest BCUT2D eigenvalue weighted by molar-refractivity contribution is 7.98. The van der Waals surface area contributed by atoms with E-state index in [4.69, 9.17) is 0 Å². The predicted octanol–water partition coefficient (Wildman–Crippen LogP) is 2.23. The van der Waals surface area contributed by atoms with Gasteiger partial charge in [-0.25, -0.2) is 0 Å². The molecule has 3 nitrogen and oxygen atoms in total. The molecule has 0 aromatic heterocycles. The van der Waals surface area contributed by atoms with Gasteiger partial charge < -0.3 is 5.32 Å². The second-order valence-electron chi connectivity index (χ2n) is 3.32. The molecular weight excluding hydrogens is 222 g/mol. The largest absolute Gasteiger partial charge is 0.319 e. The van der Waals surface area contributed by atoms with Crippen molar-refractivity contribution in [3.05, 3.63) is 42.5 Å². The van der Waals surface area contributed by atoms with Crippen molar-refractivity contribution in [1.82, 2.24) is 0 Å². The molecule has 0 bridgehead atoms. The maximum atomic E-state index is 11.1. The summed E-state index contributed by atoms with van der Waals surface area (Å²) in [6.45, 7) is 0. The summed E-state index contributed by atoms with van der Waals surface area (Å²) in [6, 6.07) is 13.2. The van der Waals surface area contributed by atoms with E-state index in [2.05, 4.69) is 17.9 Å². The Balaban J connectivity index is 2.33. The van der Waals surface area contributed by atoms with E-state index >= 15 is 0 Å². The van der Waals surface area contributed by atoms with Crippen LogP contribution in [-0.2, 0) is 9.59 Å². The van der Waals surface area contributed by atoms with Crippen molar-refractivity contribution >= 4 is 40.1 Å². The van der Waals surface area contributed by atoms with Crippen molar-refractivity contribution in [2.45, 2.75) is 0 Å². The Kier molecular flexibility index (Phi) is 2.92. The van der Waals surface area contributed by atoms with Crippen LogP contribution < -0.4 is 5.32 Å². The molecule has 1 N–H and O–H groups in total. The van der Waals surface area contributed by atoms with Gasteiger partial charge in [-0.3, -0.25) is 9.59 Å². The summed E-state index contributed by atoms with van der Waals surface area (Å²) < 4.78 is 0. The van der Waals surface area contributed by atoms with Gasteiger partial charge in [-0.05, 0) is 22.9 Å². The second kappa shape index (κ2) is 4.37. The molecule has 0 radical (unpaired) electrons. The first-order valence-electron chi connectivity index (χ1n) is 4.70. The lowest BCUT2D eigenvalue weighted by atomic mass is 10.1. The number of hydrogen-bond acceptors (Lipinski definition) is 2. The van der Waals surface area contributed by atoms with Crippen molar-refractivity contribution in [3.63, 3.8) is 0 Å². The number of anilines is 1. The third-order valence-electron chi connectivity index (χ3n) is 2.20. The molecule has 2 aromatic rings. The van der Waals surface area contributed by atoms with Crippen LogP contribution in [0.2, 0.25) is 0 Å². The second-order valence-corrected chi connectivity index (χ2v) is 3.73. The van der Waals surface area contributed by atoms with Gasteiger partial charge in [0.2, 0.25) is 0 Å². The Morgan fingerprint density at radius 3 is 2.38 bits per heavy atom. The minimum absolute atomic E-state index is 0.589. The number of rotatable bonds is 2. The topological polar surface area (TPSA) is 46.2 Å². The first kappa shape index (κ1) is 10.7. The summed E-state index contributed by atoms with van der Waals surface area (Å²) in [5.41, 5.74) is 0.589. The Bertz CT molecular complexity index is 566. The molecule has 2 rings (SSSR count). The number of hydrogen-bond donors (Lipinski definition) is 2. The molecule has 0 atom stereocenters. The lowest BCUT2D eigenvalue weighted by molar-refractivity contribution is -0.129. The minimum Gasteiger partial charge on any atom is -0.319 e. The molecule has 4 heteroatoms. The highest BCUT2D eigenvalue weighted by atomic mass is 32.1. The summed E-state index contributed by atoms with van der Waals surface area (Å²) >= 11 is 3.45. The number of carbonyl (C=O) groups is 2. The Hall–Kier alpha value is -1.81. The van der Waals surface area contributed by atoms with E-state index in [0.717, 1.165) is 10.8 Å². The Morgan fingerprint density at radius 2 is 1.69 bits per heavy atom. The summed E-state index contributed by atoms with van der Waals surface area (Å²) in [4.78, 5) is 21.8. The highest BCUT2D eigenvalue weighted by Crippen LogP contribution is 2.18. The van der Waals surface area contributed by atoms with Crippen LogP contribution in [0.15, 0.2) is 42.5 Å². The van der Waals surface area contributed by atoms with Crippen molar-refractivity contribution in [3.8, 4) is 0 Å².